The van der Waals surface area contributed by atoms with E-state index in [1.54, 1.807) is 24.5 Å². The monoisotopic (exact) mass is 344 g/mol. The van der Waals surface area contributed by atoms with Crippen molar-refractivity contribution in [1.29, 1.82) is 0 Å². The van der Waals surface area contributed by atoms with Crippen LogP contribution in [0.2, 0.25) is 0 Å². The van der Waals surface area contributed by atoms with E-state index in [0.717, 1.165) is 23.3 Å². The van der Waals surface area contributed by atoms with E-state index in [0.29, 0.717) is 12.5 Å². The molecule has 0 atom stereocenters. The highest BCUT2D eigenvalue weighted by Crippen LogP contribution is 2.35. The van der Waals surface area contributed by atoms with Gasteiger partial charge in [-0.2, -0.15) is 0 Å². The second-order valence-electron chi connectivity index (χ2n) is 5.68. The molecule has 0 aliphatic rings. The van der Waals surface area contributed by atoms with Crippen LogP contribution in [0.3, 0.4) is 0 Å². The van der Waals surface area contributed by atoms with Crippen molar-refractivity contribution in [2.75, 3.05) is 0 Å². The van der Waals surface area contributed by atoms with Crippen LogP contribution in [-0.2, 0) is 5.92 Å². The molecular weight excluding hydrogens is 329 g/mol. The molecule has 0 saturated heterocycles. The number of nitrogens with zero attached hydrogens (tertiary/aromatic N) is 2. The minimum Gasteiger partial charge on any atom is -0.438 e. The van der Waals surface area contributed by atoms with Gasteiger partial charge >= 0.3 is 0 Å². The Morgan fingerprint density at radius 3 is 2.52 bits per heavy atom. The van der Waals surface area contributed by atoms with E-state index in [2.05, 4.69) is 9.97 Å². The normalized spacial score (nSPS) is 11.4. The predicted octanol–water partition coefficient (Wildman–Crippen LogP) is 5.50. The van der Waals surface area contributed by atoms with Gasteiger partial charge in [-0.1, -0.05) is 0 Å². The van der Waals surface area contributed by atoms with Crippen LogP contribution in [0.1, 0.15) is 18.1 Å². The Labute approximate surface area is 143 Å². The average Bonchev–Trinajstić information content (AvgIpc) is 2.55. The van der Waals surface area contributed by atoms with E-state index in [4.69, 9.17) is 4.74 Å². The second kappa shape index (κ2) is 6.55. The van der Waals surface area contributed by atoms with Crippen LogP contribution in [-0.4, -0.2) is 9.97 Å². The van der Waals surface area contributed by atoms with E-state index in [-0.39, 0.29) is 11.6 Å². The van der Waals surface area contributed by atoms with Gasteiger partial charge in [-0.3, -0.25) is 4.98 Å². The fraction of sp³-hybridized carbons (Fsp3) is 0.158. The number of alkyl halides is 2. The third-order valence-electron chi connectivity index (χ3n) is 3.73. The zero-order chi connectivity index (χ0) is 18.0. The molecule has 0 spiro atoms. The van der Waals surface area contributed by atoms with Gasteiger partial charge in [0.2, 0.25) is 5.88 Å². The lowest BCUT2D eigenvalue weighted by molar-refractivity contribution is 0.0137. The van der Waals surface area contributed by atoms with Crippen LogP contribution in [0.5, 0.6) is 11.6 Å². The number of ether oxygens (including phenoxy) is 1. The first-order valence-corrected chi connectivity index (χ1v) is 7.58. The molecule has 0 amide bonds. The van der Waals surface area contributed by atoms with Crippen molar-refractivity contribution in [3.63, 3.8) is 0 Å². The highest BCUT2D eigenvalue weighted by atomic mass is 19.3. The van der Waals surface area contributed by atoms with Crippen molar-refractivity contribution in [2.45, 2.75) is 19.8 Å². The Balaban J connectivity index is 1.98. The Morgan fingerprint density at radius 1 is 1.04 bits per heavy atom. The van der Waals surface area contributed by atoms with Crippen molar-refractivity contribution in [2.24, 2.45) is 0 Å². The summed E-state index contributed by atoms with van der Waals surface area (Å²) in [6.07, 6.45) is 4.89. The van der Waals surface area contributed by atoms with Crippen LogP contribution in [0.4, 0.5) is 13.2 Å². The van der Waals surface area contributed by atoms with E-state index < -0.39 is 17.3 Å². The topological polar surface area (TPSA) is 35.0 Å². The quantitative estimate of drug-likeness (QED) is 0.627. The van der Waals surface area contributed by atoms with E-state index in [1.807, 2.05) is 13.0 Å². The molecule has 1 aromatic carbocycles. The molecule has 0 aliphatic carbocycles. The standard InChI is InChI=1S/C19H15F3N2O/c1-12-7-9-23-11-15(12)14-4-3-8-24-18(14)25-13-5-6-16(17(20)10-13)19(2,21)22/h3-11H,1-2H3. The molecule has 3 nitrogen and oxygen atoms in total. The van der Waals surface area contributed by atoms with Crippen molar-refractivity contribution < 1.29 is 17.9 Å². The molecule has 2 heterocycles. The number of hydrogen-bond acceptors (Lipinski definition) is 3. The number of halogens is 3. The fourth-order valence-corrected chi connectivity index (χ4v) is 2.45. The summed E-state index contributed by atoms with van der Waals surface area (Å²) in [6.45, 7) is 2.57. The highest BCUT2D eigenvalue weighted by Gasteiger charge is 2.28. The molecule has 25 heavy (non-hydrogen) atoms. The van der Waals surface area contributed by atoms with Crippen molar-refractivity contribution in [3.05, 3.63) is 71.9 Å². The van der Waals surface area contributed by atoms with Crippen molar-refractivity contribution in [1.82, 2.24) is 9.97 Å². The summed E-state index contributed by atoms with van der Waals surface area (Å²) in [5.41, 5.74) is 1.80. The van der Waals surface area contributed by atoms with Gasteiger partial charge in [0.15, 0.2) is 0 Å². The third kappa shape index (κ3) is 3.63. The van der Waals surface area contributed by atoms with Gasteiger partial charge in [-0.05, 0) is 42.8 Å². The first-order chi connectivity index (χ1) is 11.9. The average molecular weight is 344 g/mol. The maximum Gasteiger partial charge on any atom is 0.273 e. The lowest BCUT2D eigenvalue weighted by Gasteiger charge is -2.14. The molecule has 6 heteroatoms. The molecule has 0 radical (unpaired) electrons. The molecule has 0 saturated carbocycles. The summed E-state index contributed by atoms with van der Waals surface area (Å²) in [5.74, 6) is -3.95. The predicted molar refractivity (Wildman–Crippen MR) is 88.2 cm³/mol. The van der Waals surface area contributed by atoms with Gasteiger partial charge in [0.1, 0.15) is 11.6 Å². The first kappa shape index (κ1) is 17.0. The summed E-state index contributed by atoms with van der Waals surface area (Å²) in [6, 6.07) is 8.64. The Morgan fingerprint density at radius 2 is 1.84 bits per heavy atom. The molecule has 3 aromatic rings. The molecule has 0 N–H and O–H groups in total. The summed E-state index contributed by atoms with van der Waals surface area (Å²) in [5, 5.41) is 0. The molecule has 2 aromatic heterocycles. The lowest BCUT2D eigenvalue weighted by atomic mass is 10.0. The van der Waals surface area contributed by atoms with Crippen LogP contribution < -0.4 is 4.74 Å². The van der Waals surface area contributed by atoms with E-state index in [9.17, 15) is 13.2 Å². The molecule has 0 fully saturated rings. The van der Waals surface area contributed by atoms with Gasteiger partial charge in [0.25, 0.3) is 5.92 Å². The molecule has 0 aliphatic heterocycles. The summed E-state index contributed by atoms with van der Waals surface area (Å²) in [4.78, 5) is 8.27. The number of rotatable bonds is 4. The molecule has 3 rings (SSSR count). The minimum atomic E-state index is -3.26. The summed E-state index contributed by atoms with van der Waals surface area (Å²) in [7, 11) is 0. The molecule has 0 unspecified atom stereocenters. The number of aromatic nitrogens is 2. The van der Waals surface area contributed by atoms with Gasteiger partial charge < -0.3 is 4.74 Å². The van der Waals surface area contributed by atoms with Crippen LogP contribution in [0, 0.1) is 12.7 Å². The van der Waals surface area contributed by atoms with Gasteiger partial charge in [0.05, 0.1) is 5.56 Å². The summed E-state index contributed by atoms with van der Waals surface area (Å²) >= 11 is 0. The minimum absolute atomic E-state index is 0.0898. The van der Waals surface area contributed by atoms with Gasteiger partial charge in [-0.25, -0.2) is 18.2 Å². The van der Waals surface area contributed by atoms with Gasteiger partial charge in [0, 0.05) is 42.7 Å². The Bertz CT molecular complexity index is 907. The number of aryl methyl sites for hydroxylation is 1. The number of pyridine rings is 2. The fourth-order valence-electron chi connectivity index (χ4n) is 2.45. The van der Waals surface area contributed by atoms with Crippen molar-refractivity contribution in [3.8, 4) is 22.8 Å². The van der Waals surface area contributed by atoms with Crippen LogP contribution in [0.15, 0.2) is 55.0 Å². The van der Waals surface area contributed by atoms with E-state index in [1.165, 1.54) is 12.3 Å². The molecular formula is C19H15F3N2O. The molecule has 128 valence electrons. The maximum absolute atomic E-state index is 13.9. The Hall–Kier alpha value is -2.89. The lowest BCUT2D eigenvalue weighted by Crippen LogP contribution is -2.09. The Kier molecular flexibility index (Phi) is 4.44. The third-order valence-corrected chi connectivity index (χ3v) is 3.73. The first-order valence-electron chi connectivity index (χ1n) is 7.58. The molecule has 0 bridgehead atoms. The van der Waals surface area contributed by atoms with Crippen LogP contribution >= 0.6 is 0 Å². The summed E-state index contributed by atoms with van der Waals surface area (Å²) < 4.78 is 46.2. The zero-order valence-corrected chi connectivity index (χ0v) is 13.6. The smallest absolute Gasteiger partial charge is 0.273 e. The van der Waals surface area contributed by atoms with Gasteiger partial charge in [-0.15, -0.1) is 0 Å². The number of benzene rings is 1. The van der Waals surface area contributed by atoms with Crippen LogP contribution in [0.25, 0.3) is 11.1 Å². The van der Waals surface area contributed by atoms with Crippen molar-refractivity contribution >= 4 is 0 Å². The van der Waals surface area contributed by atoms with E-state index >= 15 is 0 Å². The number of hydrogen-bond donors (Lipinski definition) is 0. The maximum atomic E-state index is 13.9. The zero-order valence-electron chi connectivity index (χ0n) is 13.6. The largest absolute Gasteiger partial charge is 0.438 e. The highest BCUT2D eigenvalue weighted by molar-refractivity contribution is 5.71. The SMILES string of the molecule is Cc1ccncc1-c1cccnc1Oc1ccc(C(C)(F)F)c(F)c1. The second-order valence-corrected chi connectivity index (χ2v) is 5.68.